The molecule has 2 amide bonds. The summed E-state index contributed by atoms with van der Waals surface area (Å²) in [7, 11) is 0. The second kappa shape index (κ2) is 8.40. The second-order valence-electron chi connectivity index (χ2n) is 7.74. The molecule has 0 unspecified atom stereocenters. The highest BCUT2D eigenvalue weighted by atomic mass is 32.1. The molecule has 0 aliphatic carbocycles. The van der Waals surface area contributed by atoms with Gasteiger partial charge in [0.2, 0.25) is 11.8 Å². The lowest BCUT2D eigenvalue weighted by Gasteiger charge is -2.40. The molecule has 154 valence electrons. The number of thiazole rings is 1. The Labute approximate surface area is 180 Å². The Morgan fingerprint density at radius 2 is 1.70 bits per heavy atom. The van der Waals surface area contributed by atoms with Crippen LogP contribution in [0.15, 0.2) is 60.0 Å². The maximum atomic E-state index is 13.5. The first-order valence-electron chi connectivity index (χ1n) is 10.1. The van der Waals surface area contributed by atoms with Crippen LogP contribution >= 0.6 is 11.3 Å². The third-order valence-electron chi connectivity index (χ3n) is 5.88. The number of aryl methyl sites for hydroxylation is 1. The Morgan fingerprint density at radius 1 is 1.03 bits per heavy atom. The molecular formula is C24H25N3O2S. The molecule has 2 heterocycles. The molecule has 0 atom stereocenters. The number of hydrogen-bond donors (Lipinski definition) is 1. The number of anilines is 1. The zero-order valence-corrected chi connectivity index (χ0v) is 18.0. The largest absolute Gasteiger partial charge is 0.343 e. The van der Waals surface area contributed by atoms with E-state index in [9.17, 15) is 9.59 Å². The van der Waals surface area contributed by atoms with Gasteiger partial charge in [0.25, 0.3) is 0 Å². The first kappa shape index (κ1) is 20.3. The van der Waals surface area contributed by atoms with E-state index in [-0.39, 0.29) is 11.8 Å². The van der Waals surface area contributed by atoms with Gasteiger partial charge in [-0.25, -0.2) is 4.98 Å². The van der Waals surface area contributed by atoms with Gasteiger partial charge in [-0.1, -0.05) is 42.5 Å². The summed E-state index contributed by atoms with van der Waals surface area (Å²) in [5.74, 6) is 0.0408. The highest BCUT2D eigenvalue weighted by molar-refractivity contribution is 7.09. The van der Waals surface area contributed by atoms with Crippen LogP contribution in [0.5, 0.6) is 0 Å². The van der Waals surface area contributed by atoms with Gasteiger partial charge >= 0.3 is 0 Å². The Hall–Kier alpha value is -2.99. The zero-order chi connectivity index (χ0) is 21.1. The molecule has 30 heavy (non-hydrogen) atoms. The van der Waals surface area contributed by atoms with Crippen LogP contribution in [0.3, 0.4) is 0 Å². The van der Waals surface area contributed by atoms with Gasteiger partial charge in [-0.15, -0.1) is 11.3 Å². The molecule has 0 saturated carbocycles. The number of amides is 2. The molecule has 4 rings (SSSR count). The second-order valence-corrected chi connectivity index (χ2v) is 8.80. The van der Waals surface area contributed by atoms with Crippen molar-refractivity contribution in [3.8, 4) is 11.3 Å². The van der Waals surface area contributed by atoms with E-state index in [0.29, 0.717) is 25.9 Å². The fraction of sp³-hybridized carbons (Fsp3) is 0.292. The summed E-state index contributed by atoms with van der Waals surface area (Å²) in [6.07, 6.45) is 1.22. The van der Waals surface area contributed by atoms with Gasteiger partial charge in [0.1, 0.15) is 0 Å². The summed E-state index contributed by atoms with van der Waals surface area (Å²) in [5, 5.41) is 6.19. The van der Waals surface area contributed by atoms with E-state index in [1.807, 2.05) is 71.8 Å². The third kappa shape index (κ3) is 4.00. The van der Waals surface area contributed by atoms with Crippen molar-refractivity contribution in [1.82, 2.24) is 9.88 Å². The molecule has 1 aliphatic heterocycles. The van der Waals surface area contributed by atoms with Crippen LogP contribution in [0, 0.1) is 6.92 Å². The van der Waals surface area contributed by atoms with E-state index >= 15 is 0 Å². The van der Waals surface area contributed by atoms with E-state index < -0.39 is 5.41 Å². The number of nitrogens with one attached hydrogen (secondary N) is 1. The van der Waals surface area contributed by atoms with Gasteiger partial charge in [0, 0.05) is 36.6 Å². The molecule has 1 aliphatic rings. The number of aromatic nitrogens is 1. The summed E-state index contributed by atoms with van der Waals surface area (Å²) in [4.78, 5) is 31.6. The number of nitrogens with zero attached hydrogens (tertiary/aromatic N) is 2. The molecule has 0 spiro atoms. The molecule has 5 nitrogen and oxygen atoms in total. The number of rotatable bonds is 4. The minimum absolute atomic E-state index is 0.0193. The Balaban J connectivity index is 1.56. The molecular weight excluding hydrogens is 394 g/mol. The minimum Gasteiger partial charge on any atom is -0.343 e. The molecule has 2 aromatic carbocycles. The highest BCUT2D eigenvalue weighted by Gasteiger charge is 2.43. The molecule has 3 aromatic rings. The SMILES string of the molecule is CC(=O)N1CCC(C(=O)Nc2ccc(-c3csc(C)n3)cc2)(c2ccccc2)CC1. The summed E-state index contributed by atoms with van der Waals surface area (Å²) in [5.41, 5.74) is 3.11. The fourth-order valence-electron chi connectivity index (χ4n) is 4.08. The lowest BCUT2D eigenvalue weighted by Crippen LogP contribution is -2.50. The van der Waals surface area contributed by atoms with E-state index in [0.717, 1.165) is 27.5 Å². The number of hydrogen-bond acceptors (Lipinski definition) is 4. The van der Waals surface area contributed by atoms with E-state index in [1.54, 1.807) is 18.3 Å². The predicted molar refractivity (Wildman–Crippen MR) is 121 cm³/mol. The first-order valence-corrected chi connectivity index (χ1v) is 11.0. The Bertz CT molecular complexity index is 1040. The van der Waals surface area contributed by atoms with Crippen molar-refractivity contribution < 1.29 is 9.59 Å². The summed E-state index contributed by atoms with van der Waals surface area (Å²) in [6.45, 7) is 4.74. The van der Waals surface area contributed by atoms with E-state index in [1.165, 1.54) is 0 Å². The molecule has 1 saturated heterocycles. The summed E-state index contributed by atoms with van der Waals surface area (Å²) < 4.78 is 0. The van der Waals surface area contributed by atoms with Gasteiger partial charge < -0.3 is 10.2 Å². The molecule has 1 aromatic heterocycles. The monoisotopic (exact) mass is 419 g/mol. The van der Waals surface area contributed by atoms with Crippen LogP contribution in [0.1, 0.15) is 30.3 Å². The highest BCUT2D eigenvalue weighted by Crippen LogP contribution is 2.37. The predicted octanol–water partition coefficient (Wildman–Crippen LogP) is 4.64. The average molecular weight is 420 g/mol. The van der Waals surface area contributed by atoms with Crippen LogP contribution in [0.25, 0.3) is 11.3 Å². The van der Waals surface area contributed by atoms with E-state index in [2.05, 4.69) is 10.3 Å². The van der Waals surface area contributed by atoms with E-state index in [4.69, 9.17) is 0 Å². The van der Waals surface area contributed by atoms with Gasteiger partial charge in [-0.2, -0.15) is 0 Å². The van der Waals surface area contributed by atoms with Crippen molar-refractivity contribution in [2.75, 3.05) is 18.4 Å². The molecule has 6 heteroatoms. The zero-order valence-electron chi connectivity index (χ0n) is 17.2. The number of carbonyl (C=O) groups is 2. The summed E-state index contributed by atoms with van der Waals surface area (Å²) >= 11 is 1.62. The van der Waals surface area contributed by atoms with Gasteiger partial charge in [-0.3, -0.25) is 9.59 Å². The molecule has 1 fully saturated rings. The standard InChI is InChI=1S/C24H25N3O2S/c1-17-25-22(16-30-17)19-8-10-21(11-9-19)26-23(29)24(20-6-4-3-5-7-20)12-14-27(15-13-24)18(2)28/h3-11,16H,12-15H2,1-2H3,(H,26,29). The van der Waals surface area contributed by atoms with Crippen LogP contribution in [-0.4, -0.2) is 34.8 Å². The molecule has 0 bridgehead atoms. The smallest absolute Gasteiger partial charge is 0.235 e. The van der Waals surface area contributed by atoms with Crippen molar-refractivity contribution in [1.29, 1.82) is 0 Å². The van der Waals surface area contributed by atoms with Crippen molar-refractivity contribution in [2.24, 2.45) is 0 Å². The lowest BCUT2D eigenvalue weighted by molar-refractivity contribution is -0.133. The lowest BCUT2D eigenvalue weighted by atomic mass is 9.72. The molecule has 0 radical (unpaired) electrons. The quantitative estimate of drug-likeness (QED) is 0.670. The first-order chi connectivity index (χ1) is 14.5. The molecule has 1 N–H and O–H groups in total. The van der Waals surface area contributed by atoms with Gasteiger partial charge in [0.05, 0.1) is 16.1 Å². The topological polar surface area (TPSA) is 62.3 Å². The fourth-order valence-corrected chi connectivity index (χ4v) is 4.70. The third-order valence-corrected chi connectivity index (χ3v) is 6.65. The Kier molecular flexibility index (Phi) is 5.68. The summed E-state index contributed by atoms with van der Waals surface area (Å²) in [6, 6.07) is 17.7. The van der Waals surface area contributed by atoms with Gasteiger partial charge in [-0.05, 0) is 37.5 Å². The van der Waals surface area contributed by atoms with Crippen molar-refractivity contribution >= 4 is 28.8 Å². The van der Waals surface area contributed by atoms with Crippen molar-refractivity contribution in [3.63, 3.8) is 0 Å². The maximum Gasteiger partial charge on any atom is 0.235 e. The number of benzene rings is 2. The number of likely N-dealkylation sites (tertiary alicyclic amines) is 1. The van der Waals surface area contributed by atoms with Crippen LogP contribution in [0.4, 0.5) is 5.69 Å². The van der Waals surface area contributed by atoms with Gasteiger partial charge in [0.15, 0.2) is 0 Å². The number of carbonyl (C=O) groups excluding carboxylic acids is 2. The van der Waals surface area contributed by atoms with Crippen LogP contribution in [-0.2, 0) is 15.0 Å². The van der Waals surface area contributed by atoms with Crippen molar-refractivity contribution in [3.05, 3.63) is 70.5 Å². The van der Waals surface area contributed by atoms with Crippen LogP contribution in [0.2, 0.25) is 0 Å². The maximum absolute atomic E-state index is 13.5. The normalized spacial score (nSPS) is 15.6. The average Bonchev–Trinajstić information content (AvgIpc) is 3.21. The van der Waals surface area contributed by atoms with Crippen LogP contribution < -0.4 is 5.32 Å². The Morgan fingerprint density at radius 3 is 2.27 bits per heavy atom. The van der Waals surface area contributed by atoms with Crippen molar-refractivity contribution in [2.45, 2.75) is 32.1 Å². The number of piperidine rings is 1. The minimum atomic E-state index is -0.641.